The highest BCUT2D eigenvalue weighted by Crippen LogP contribution is 2.23. The fourth-order valence-electron chi connectivity index (χ4n) is 1.18. The molecule has 78 valence electrons. The third-order valence-electron chi connectivity index (χ3n) is 1.82. The number of ether oxygens (including phenoxy) is 1. The molecule has 0 saturated carbocycles. The van der Waals surface area contributed by atoms with Gasteiger partial charge in [-0.2, -0.15) is 0 Å². The molecule has 0 aliphatic rings. The van der Waals surface area contributed by atoms with Gasteiger partial charge in [0, 0.05) is 10.9 Å². The first kappa shape index (κ1) is 11.5. The van der Waals surface area contributed by atoms with Crippen LogP contribution in [0.5, 0.6) is 5.75 Å². The second-order valence-corrected chi connectivity index (χ2v) is 3.61. The normalized spacial score (nSPS) is 10.2. The van der Waals surface area contributed by atoms with E-state index in [1.165, 1.54) is 7.11 Å². The van der Waals surface area contributed by atoms with Crippen LogP contribution in [0, 0.1) is 0 Å². The zero-order chi connectivity index (χ0) is 10.4. The van der Waals surface area contributed by atoms with Gasteiger partial charge in [-0.05, 0) is 23.8 Å². The Labute approximate surface area is 92.0 Å². The Bertz CT molecular complexity index is 289. The van der Waals surface area contributed by atoms with Crippen molar-refractivity contribution in [2.75, 3.05) is 20.8 Å². The van der Waals surface area contributed by atoms with Crippen molar-refractivity contribution in [2.45, 2.75) is 6.42 Å². The average molecular weight is 261 g/mol. The van der Waals surface area contributed by atoms with Crippen LogP contribution in [0.15, 0.2) is 22.7 Å². The predicted molar refractivity (Wildman–Crippen MR) is 57.4 cm³/mol. The van der Waals surface area contributed by atoms with Crippen molar-refractivity contribution in [1.29, 1.82) is 0 Å². The molecule has 0 N–H and O–H groups in total. The number of hydrogen-bond acceptors (Lipinski definition) is 3. The molecule has 0 aliphatic carbocycles. The van der Waals surface area contributed by atoms with E-state index in [2.05, 4.69) is 20.8 Å². The highest BCUT2D eigenvalue weighted by atomic mass is 79.9. The van der Waals surface area contributed by atoms with Crippen molar-refractivity contribution < 1.29 is 14.5 Å². The van der Waals surface area contributed by atoms with Crippen LogP contribution >= 0.6 is 15.9 Å². The van der Waals surface area contributed by atoms with E-state index in [-0.39, 0.29) is 0 Å². The molecule has 0 unspecified atom stereocenters. The summed E-state index contributed by atoms with van der Waals surface area (Å²) in [4.78, 5) is 9.32. The maximum absolute atomic E-state index is 5.21. The molecule has 0 amide bonds. The summed E-state index contributed by atoms with van der Waals surface area (Å²) in [5.74, 6) is 0.868. The van der Waals surface area contributed by atoms with E-state index >= 15 is 0 Å². The largest absolute Gasteiger partial charge is 0.496 e. The minimum atomic E-state index is 0.517. The summed E-state index contributed by atoms with van der Waals surface area (Å²) in [7, 11) is 3.15. The summed E-state index contributed by atoms with van der Waals surface area (Å²) in [6.07, 6.45) is 0.760. The lowest BCUT2D eigenvalue weighted by Crippen LogP contribution is -1.99. The van der Waals surface area contributed by atoms with Gasteiger partial charge in [-0.3, -0.25) is 0 Å². The van der Waals surface area contributed by atoms with Gasteiger partial charge in [-0.1, -0.05) is 15.9 Å². The monoisotopic (exact) mass is 260 g/mol. The van der Waals surface area contributed by atoms with Gasteiger partial charge in [0.25, 0.3) is 0 Å². The van der Waals surface area contributed by atoms with Gasteiger partial charge < -0.3 is 4.74 Å². The fourth-order valence-corrected chi connectivity index (χ4v) is 1.59. The molecule has 1 aromatic carbocycles. The van der Waals surface area contributed by atoms with E-state index < -0.39 is 0 Å². The van der Waals surface area contributed by atoms with Crippen molar-refractivity contribution in [2.24, 2.45) is 0 Å². The topological polar surface area (TPSA) is 27.7 Å². The third-order valence-corrected chi connectivity index (χ3v) is 2.31. The van der Waals surface area contributed by atoms with E-state index in [1.807, 2.05) is 18.2 Å². The van der Waals surface area contributed by atoms with Crippen molar-refractivity contribution >= 4 is 15.9 Å². The molecule has 14 heavy (non-hydrogen) atoms. The van der Waals surface area contributed by atoms with Crippen LogP contribution in [0.3, 0.4) is 0 Å². The molecule has 0 spiro atoms. The molecule has 0 bridgehead atoms. The quantitative estimate of drug-likeness (QED) is 0.463. The summed E-state index contributed by atoms with van der Waals surface area (Å²) in [6, 6.07) is 5.88. The molecule has 1 aromatic rings. The van der Waals surface area contributed by atoms with Crippen LogP contribution in [0.2, 0.25) is 0 Å². The summed E-state index contributed by atoms with van der Waals surface area (Å²) in [6.45, 7) is 0.517. The van der Waals surface area contributed by atoms with Crippen LogP contribution in [0.1, 0.15) is 5.56 Å². The zero-order valence-electron chi connectivity index (χ0n) is 8.25. The third kappa shape index (κ3) is 3.29. The summed E-state index contributed by atoms with van der Waals surface area (Å²) in [5.41, 5.74) is 1.10. The molecule has 0 fully saturated rings. The first-order valence-electron chi connectivity index (χ1n) is 4.26. The first-order chi connectivity index (χ1) is 6.77. The molecule has 1 rings (SSSR count). The molecule has 0 atom stereocenters. The van der Waals surface area contributed by atoms with Crippen LogP contribution in [-0.2, 0) is 16.2 Å². The Kier molecular flexibility index (Phi) is 4.93. The zero-order valence-corrected chi connectivity index (χ0v) is 9.83. The minimum Gasteiger partial charge on any atom is -0.496 e. The molecular formula is C10H13BrO3. The summed E-state index contributed by atoms with van der Waals surface area (Å²) >= 11 is 3.41. The van der Waals surface area contributed by atoms with Crippen molar-refractivity contribution in [3.05, 3.63) is 28.2 Å². The lowest BCUT2D eigenvalue weighted by molar-refractivity contribution is -0.271. The lowest BCUT2D eigenvalue weighted by Gasteiger charge is -2.08. The predicted octanol–water partition coefficient (Wildman–Crippen LogP) is 2.58. The molecule has 3 nitrogen and oxygen atoms in total. The Morgan fingerprint density at radius 3 is 2.71 bits per heavy atom. The van der Waals surface area contributed by atoms with Gasteiger partial charge in [0.05, 0.1) is 20.8 Å². The number of methoxy groups -OCH3 is 1. The van der Waals surface area contributed by atoms with Gasteiger partial charge in [0.15, 0.2) is 0 Å². The van der Waals surface area contributed by atoms with Crippen molar-refractivity contribution in [3.63, 3.8) is 0 Å². The second kappa shape index (κ2) is 6.01. The standard InChI is InChI=1S/C10H13BrO3/c1-12-10-4-3-9(11)7-8(10)5-6-14-13-2/h3-4,7H,5-6H2,1-2H3. The van der Waals surface area contributed by atoms with Crippen LogP contribution in [0.25, 0.3) is 0 Å². The van der Waals surface area contributed by atoms with Gasteiger partial charge in [0.2, 0.25) is 0 Å². The Hall–Kier alpha value is -0.580. The van der Waals surface area contributed by atoms with E-state index in [0.29, 0.717) is 6.61 Å². The van der Waals surface area contributed by atoms with Crippen LogP contribution < -0.4 is 4.74 Å². The maximum Gasteiger partial charge on any atom is 0.122 e. The lowest BCUT2D eigenvalue weighted by atomic mass is 10.1. The van der Waals surface area contributed by atoms with E-state index in [1.54, 1.807) is 7.11 Å². The van der Waals surface area contributed by atoms with E-state index in [9.17, 15) is 0 Å². The Balaban J connectivity index is 2.67. The highest BCUT2D eigenvalue weighted by molar-refractivity contribution is 9.10. The first-order valence-corrected chi connectivity index (χ1v) is 5.05. The van der Waals surface area contributed by atoms with E-state index in [4.69, 9.17) is 9.62 Å². The number of benzene rings is 1. The number of hydrogen-bond donors (Lipinski definition) is 0. The van der Waals surface area contributed by atoms with Crippen LogP contribution in [-0.4, -0.2) is 20.8 Å². The van der Waals surface area contributed by atoms with Gasteiger partial charge in [0.1, 0.15) is 5.75 Å². The molecule has 0 radical (unpaired) electrons. The molecule has 4 heteroatoms. The molecule has 0 aromatic heterocycles. The molecule has 0 saturated heterocycles. The molecule has 0 aliphatic heterocycles. The molecule has 0 heterocycles. The summed E-state index contributed by atoms with van der Waals surface area (Å²) in [5, 5.41) is 0. The Morgan fingerprint density at radius 1 is 1.29 bits per heavy atom. The van der Waals surface area contributed by atoms with E-state index in [0.717, 1.165) is 22.2 Å². The SMILES string of the molecule is COOCCc1cc(Br)ccc1OC. The fraction of sp³-hybridized carbons (Fsp3) is 0.400. The van der Waals surface area contributed by atoms with Gasteiger partial charge in [-0.15, -0.1) is 0 Å². The highest BCUT2D eigenvalue weighted by Gasteiger charge is 2.03. The Morgan fingerprint density at radius 2 is 2.07 bits per heavy atom. The number of halogens is 1. The molecular weight excluding hydrogens is 248 g/mol. The van der Waals surface area contributed by atoms with Crippen molar-refractivity contribution in [1.82, 2.24) is 0 Å². The maximum atomic E-state index is 5.21. The average Bonchev–Trinajstić information content (AvgIpc) is 2.19. The smallest absolute Gasteiger partial charge is 0.122 e. The van der Waals surface area contributed by atoms with Crippen LogP contribution in [0.4, 0.5) is 0 Å². The number of rotatable bonds is 5. The van der Waals surface area contributed by atoms with Crippen molar-refractivity contribution in [3.8, 4) is 5.75 Å². The van der Waals surface area contributed by atoms with Gasteiger partial charge >= 0.3 is 0 Å². The minimum absolute atomic E-state index is 0.517. The van der Waals surface area contributed by atoms with Gasteiger partial charge in [-0.25, -0.2) is 9.78 Å². The summed E-state index contributed by atoms with van der Waals surface area (Å²) < 4.78 is 6.25. The second-order valence-electron chi connectivity index (χ2n) is 2.69.